The van der Waals surface area contributed by atoms with E-state index in [1.165, 1.54) is 24.8 Å². The summed E-state index contributed by atoms with van der Waals surface area (Å²) in [6, 6.07) is 4.13. The molecule has 3 heterocycles. The lowest BCUT2D eigenvalue weighted by Gasteiger charge is -2.31. The highest BCUT2D eigenvalue weighted by Gasteiger charge is 2.32. The lowest BCUT2D eigenvalue weighted by atomic mass is 9.97. The van der Waals surface area contributed by atoms with Gasteiger partial charge in [0.15, 0.2) is 5.82 Å². The van der Waals surface area contributed by atoms with Gasteiger partial charge >= 0.3 is 0 Å². The first-order valence-electron chi connectivity index (χ1n) is 7.83. The normalized spacial score (nSPS) is 23.3. The fourth-order valence-corrected chi connectivity index (χ4v) is 3.07. The summed E-state index contributed by atoms with van der Waals surface area (Å²) in [6.07, 6.45) is 8.54. The number of aromatic nitrogens is 3. The Kier molecular flexibility index (Phi) is 3.43. The molecule has 0 radical (unpaired) electrons. The minimum Gasteiger partial charge on any atom is -0.339 e. The van der Waals surface area contributed by atoms with E-state index in [0.29, 0.717) is 11.8 Å². The molecular formula is C16H20N4O. The van der Waals surface area contributed by atoms with E-state index in [1.54, 1.807) is 0 Å². The van der Waals surface area contributed by atoms with E-state index in [9.17, 15) is 0 Å². The first-order valence-corrected chi connectivity index (χ1v) is 7.83. The van der Waals surface area contributed by atoms with Crippen molar-refractivity contribution in [1.82, 2.24) is 20.0 Å². The summed E-state index contributed by atoms with van der Waals surface area (Å²) in [5.74, 6) is 2.72. The number of nitrogens with zero attached hydrogens (tertiary/aromatic N) is 4. The molecule has 5 heteroatoms. The van der Waals surface area contributed by atoms with E-state index in [1.807, 2.05) is 18.5 Å². The molecule has 1 saturated heterocycles. The first-order chi connectivity index (χ1) is 10.4. The molecule has 2 aliphatic rings. The van der Waals surface area contributed by atoms with Crippen LogP contribution in [-0.2, 0) is 6.54 Å². The van der Waals surface area contributed by atoms with Crippen molar-refractivity contribution >= 4 is 0 Å². The van der Waals surface area contributed by atoms with Crippen LogP contribution in [0.1, 0.15) is 54.8 Å². The Morgan fingerprint density at radius 2 is 2.19 bits per heavy atom. The van der Waals surface area contributed by atoms with Crippen LogP contribution < -0.4 is 0 Å². The molecule has 0 bridgehead atoms. The van der Waals surface area contributed by atoms with Crippen molar-refractivity contribution in [2.75, 3.05) is 13.1 Å². The number of hydrogen-bond donors (Lipinski definition) is 0. The molecule has 0 spiro atoms. The maximum Gasteiger partial charge on any atom is 0.229 e. The van der Waals surface area contributed by atoms with E-state index < -0.39 is 0 Å². The van der Waals surface area contributed by atoms with Gasteiger partial charge in [-0.05, 0) is 43.9 Å². The van der Waals surface area contributed by atoms with Crippen molar-refractivity contribution in [1.29, 1.82) is 0 Å². The third-order valence-electron chi connectivity index (χ3n) is 4.38. The van der Waals surface area contributed by atoms with E-state index in [-0.39, 0.29) is 0 Å². The highest BCUT2D eigenvalue weighted by molar-refractivity contribution is 5.09. The molecule has 1 aliphatic heterocycles. The third-order valence-corrected chi connectivity index (χ3v) is 4.38. The lowest BCUT2D eigenvalue weighted by Crippen LogP contribution is -2.34. The number of likely N-dealkylation sites (tertiary alicyclic amines) is 1. The van der Waals surface area contributed by atoms with Gasteiger partial charge in [0.1, 0.15) is 0 Å². The van der Waals surface area contributed by atoms with Gasteiger partial charge in [-0.1, -0.05) is 11.2 Å². The summed E-state index contributed by atoms with van der Waals surface area (Å²) in [6.45, 7) is 3.11. The van der Waals surface area contributed by atoms with Gasteiger partial charge in [0.05, 0.1) is 0 Å². The molecule has 2 aromatic heterocycles. The SMILES string of the molecule is c1cncc(CN2CCC[C@H](c3noc(C4CC4)n3)C2)c1. The number of pyridine rings is 1. The zero-order chi connectivity index (χ0) is 14.1. The van der Waals surface area contributed by atoms with Gasteiger partial charge in [-0.25, -0.2) is 0 Å². The Hall–Kier alpha value is -1.75. The molecule has 1 atom stereocenters. The molecule has 0 aromatic carbocycles. The van der Waals surface area contributed by atoms with Crippen LogP contribution in [0.2, 0.25) is 0 Å². The highest BCUT2D eigenvalue weighted by atomic mass is 16.5. The van der Waals surface area contributed by atoms with E-state index in [2.05, 4.69) is 26.1 Å². The summed E-state index contributed by atoms with van der Waals surface area (Å²) in [5, 5.41) is 4.22. The Labute approximate surface area is 124 Å². The van der Waals surface area contributed by atoms with Crippen molar-refractivity contribution in [2.45, 2.75) is 44.1 Å². The Bertz CT molecular complexity index is 593. The van der Waals surface area contributed by atoms with Crippen molar-refractivity contribution in [3.63, 3.8) is 0 Å². The molecular weight excluding hydrogens is 264 g/mol. The predicted molar refractivity (Wildman–Crippen MR) is 77.8 cm³/mol. The quantitative estimate of drug-likeness (QED) is 0.864. The second-order valence-corrected chi connectivity index (χ2v) is 6.20. The average Bonchev–Trinajstić information content (AvgIpc) is 3.26. The fourth-order valence-electron chi connectivity index (χ4n) is 3.07. The molecule has 0 unspecified atom stereocenters. The van der Waals surface area contributed by atoms with Crippen LogP contribution in [0.25, 0.3) is 0 Å². The number of piperidine rings is 1. The second-order valence-electron chi connectivity index (χ2n) is 6.20. The summed E-state index contributed by atoms with van der Waals surface area (Å²) in [4.78, 5) is 11.3. The summed E-state index contributed by atoms with van der Waals surface area (Å²) < 4.78 is 5.41. The summed E-state index contributed by atoms with van der Waals surface area (Å²) in [7, 11) is 0. The van der Waals surface area contributed by atoms with Crippen LogP contribution in [0.5, 0.6) is 0 Å². The van der Waals surface area contributed by atoms with Crippen LogP contribution in [0.4, 0.5) is 0 Å². The van der Waals surface area contributed by atoms with Gasteiger partial charge in [0.2, 0.25) is 5.89 Å². The van der Waals surface area contributed by atoms with Gasteiger partial charge in [-0.2, -0.15) is 4.98 Å². The zero-order valence-corrected chi connectivity index (χ0v) is 12.1. The van der Waals surface area contributed by atoms with Gasteiger partial charge in [-0.15, -0.1) is 0 Å². The maximum absolute atomic E-state index is 5.41. The van der Waals surface area contributed by atoms with Gasteiger partial charge < -0.3 is 4.52 Å². The van der Waals surface area contributed by atoms with Crippen LogP contribution in [0.15, 0.2) is 29.0 Å². The molecule has 4 rings (SSSR count). The average molecular weight is 284 g/mol. The molecule has 5 nitrogen and oxygen atoms in total. The van der Waals surface area contributed by atoms with Crippen molar-refractivity contribution in [3.05, 3.63) is 41.8 Å². The van der Waals surface area contributed by atoms with Crippen LogP contribution >= 0.6 is 0 Å². The molecule has 2 aromatic rings. The van der Waals surface area contributed by atoms with Crippen molar-refractivity contribution in [3.8, 4) is 0 Å². The molecule has 1 aliphatic carbocycles. The zero-order valence-electron chi connectivity index (χ0n) is 12.1. The van der Waals surface area contributed by atoms with Crippen molar-refractivity contribution < 1.29 is 4.52 Å². The number of hydrogen-bond acceptors (Lipinski definition) is 5. The van der Waals surface area contributed by atoms with Crippen LogP contribution in [-0.4, -0.2) is 33.1 Å². The smallest absolute Gasteiger partial charge is 0.229 e. The Morgan fingerprint density at radius 1 is 1.24 bits per heavy atom. The fraction of sp³-hybridized carbons (Fsp3) is 0.562. The molecule has 0 N–H and O–H groups in total. The molecule has 110 valence electrons. The first kappa shape index (κ1) is 13.0. The Balaban J connectivity index is 1.42. The second kappa shape index (κ2) is 5.56. The minimum atomic E-state index is 0.409. The molecule has 21 heavy (non-hydrogen) atoms. The molecule has 2 fully saturated rings. The van der Waals surface area contributed by atoms with Crippen molar-refractivity contribution in [2.24, 2.45) is 0 Å². The van der Waals surface area contributed by atoms with E-state index >= 15 is 0 Å². The Morgan fingerprint density at radius 3 is 3.00 bits per heavy atom. The molecule has 0 amide bonds. The summed E-state index contributed by atoms with van der Waals surface area (Å²) in [5.41, 5.74) is 1.27. The van der Waals surface area contributed by atoms with Crippen LogP contribution in [0.3, 0.4) is 0 Å². The number of rotatable bonds is 4. The summed E-state index contributed by atoms with van der Waals surface area (Å²) >= 11 is 0. The monoisotopic (exact) mass is 284 g/mol. The predicted octanol–water partition coefficient (Wildman–Crippen LogP) is 2.72. The molecule has 1 saturated carbocycles. The van der Waals surface area contributed by atoms with E-state index in [0.717, 1.165) is 37.8 Å². The maximum atomic E-state index is 5.41. The topological polar surface area (TPSA) is 55.1 Å². The standard InChI is InChI=1S/C16H20N4O/c1-3-12(9-17-7-1)10-20-8-2-4-14(11-20)15-18-16(21-19-15)13-5-6-13/h1,3,7,9,13-14H,2,4-6,8,10-11H2/t14-/m0/s1. The minimum absolute atomic E-state index is 0.409. The van der Waals surface area contributed by atoms with Gasteiger partial charge in [0, 0.05) is 37.3 Å². The van der Waals surface area contributed by atoms with E-state index in [4.69, 9.17) is 4.52 Å². The lowest BCUT2D eigenvalue weighted by molar-refractivity contribution is 0.194. The van der Waals surface area contributed by atoms with Gasteiger partial charge in [-0.3, -0.25) is 9.88 Å². The highest BCUT2D eigenvalue weighted by Crippen LogP contribution is 2.39. The largest absolute Gasteiger partial charge is 0.339 e. The van der Waals surface area contributed by atoms with Crippen LogP contribution in [0, 0.1) is 0 Å². The van der Waals surface area contributed by atoms with Gasteiger partial charge in [0.25, 0.3) is 0 Å². The third kappa shape index (κ3) is 2.97.